The van der Waals surface area contributed by atoms with Crippen molar-refractivity contribution in [1.29, 1.82) is 0 Å². The Kier molecular flexibility index (Phi) is 3.39. The molecule has 0 bridgehead atoms. The quantitative estimate of drug-likeness (QED) is 0.604. The second-order valence-corrected chi connectivity index (χ2v) is 4.63. The smallest absolute Gasteiger partial charge is 0.116 e. The fourth-order valence-corrected chi connectivity index (χ4v) is 2.33. The number of benzene rings is 1. The van der Waals surface area contributed by atoms with E-state index in [1.165, 1.54) is 0 Å². The van der Waals surface area contributed by atoms with Crippen LogP contribution in [0.5, 0.6) is 0 Å². The van der Waals surface area contributed by atoms with Crippen LogP contribution in [0, 0.1) is 6.92 Å². The number of piperazine rings is 1. The lowest BCUT2D eigenvalue weighted by atomic mass is 10.1. The number of anilines is 1. The molecule has 1 aromatic carbocycles. The SMILES string of the molecule is Cc1c(Cl)cccc1N1CCNCC1Cl. The second-order valence-electron chi connectivity index (χ2n) is 3.72. The molecule has 1 fully saturated rings. The van der Waals surface area contributed by atoms with E-state index in [0.717, 1.165) is 35.9 Å². The van der Waals surface area contributed by atoms with E-state index in [-0.39, 0.29) is 5.50 Å². The van der Waals surface area contributed by atoms with Crippen LogP contribution in [0.4, 0.5) is 5.69 Å². The summed E-state index contributed by atoms with van der Waals surface area (Å²) in [5.74, 6) is 0. The van der Waals surface area contributed by atoms with Gasteiger partial charge >= 0.3 is 0 Å². The summed E-state index contributed by atoms with van der Waals surface area (Å²) >= 11 is 12.4. The molecule has 1 N–H and O–H groups in total. The lowest BCUT2D eigenvalue weighted by Crippen LogP contribution is -2.48. The zero-order chi connectivity index (χ0) is 10.8. The Morgan fingerprint density at radius 2 is 2.27 bits per heavy atom. The maximum absolute atomic E-state index is 6.26. The van der Waals surface area contributed by atoms with Crippen molar-refractivity contribution in [2.45, 2.75) is 12.4 Å². The predicted octanol–water partition coefficient (Wildman–Crippen LogP) is 2.62. The molecule has 1 aliphatic heterocycles. The lowest BCUT2D eigenvalue weighted by Gasteiger charge is -2.35. The van der Waals surface area contributed by atoms with Crippen molar-refractivity contribution in [2.24, 2.45) is 0 Å². The molecule has 0 radical (unpaired) electrons. The third-order valence-corrected chi connectivity index (χ3v) is 3.53. The Morgan fingerprint density at radius 3 is 3.00 bits per heavy atom. The fourth-order valence-electron chi connectivity index (χ4n) is 1.85. The van der Waals surface area contributed by atoms with Crippen LogP contribution in [0.1, 0.15) is 5.56 Å². The number of alkyl halides is 1. The number of hydrogen-bond donors (Lipinski definition) is 1. The topological polar surface area (TPSA) is 15.3 Å². The molecule has 1 aliphatic rings. The van der Waals surface area contributed by atoms with Crippen molar-refractivity contribution in [3.63, 3.8) is 0 Å². The Balaban J connectivity index is 2.31. The summed E-state index contributed by atoms with van der Waals surface area (Å²) in [4.78, 5) is 2.19. The first-order chi connectivity index (χ1) is 7.20. The molecule has 15 heavy (non-hydrogen) atoms. The molecule has 0 spiro atoms. The van der Waals surface area contributed by atoms with E-state index < -0.39 is 0 Å². The Bertz CT molecular complexity index is 354. The molecule has 1 aromatic rings. The van der Waals surface area contributed by atoms with E-state index in [1.807, 2.05) is 19.1 Å². The van der Waals surface area contributed by atoms with Crippen LogP contribution in [-0.2, 0) is 0 Å². The fraction of sp³-hybridized carbons (Fsp3) is 0.455. The largest absolute Gasteiger partial charge is 0.353 e. The summed E-state index contributed by atoms with van der Waals surface area (Å²) in [6, 6.07) is 5.95. The minimum absolute atomic E-state index is 0.0101. The van der Waals surface area contributed by atoms with Crippen LogP contribution in [0.25, 0.3) is 0 Å². The van der Waals surface area contributed by atoms with E-state index >= 15 is 0 Å². The summed E-state index contributed by atoms with van der Waals surface area (Å²) < 4.78 is 0. The van der Waals surface area contributed by atoms with Crippen LogP contribution in [0.15, 0.2) is 18.2 Å². The van der Waals surface area contributed by atoms with Gasteiger partial charge in [-0.05, 0) is 24.6 Å². The van der Waals surface area contributed by atoms with Gasteiger partial charge in [0.2, 0.25) is 0 Å². The number of rotatable bonds is 1. The second kappa shape index (κ2) is 4.60. The normalized spacial score (nSPS) is 21.8. The molecule has 0 aliphatic carbocycles. The molecule has 2 rings (SSSR count). The highest BCUT2D eigenvalue weighted by Gasteiger charge is 2.21. The number of nitrogens with zero attached hydrogens (tertiary/aromatic N) is 1. The van der Waals surface area contributed by atoms with E-state index in [0.29, 0.717) is 0 Å². The van der Waals surface area contributed by atoms with Crippen LogP contribution in [0.2, 0.25) is 5.02 Å². The molecule has 0 amide bonds. The zero-order valence-corrected chi connectivity index (χ0v) is 10.1. The highest BCUT2D eigenvalue weighted by atomic mass is 35.5. The summed E-state index contributed by atoms with van der Waals surface area (Å²) in [5.41, 5.74) is 2.26. The monoisotopic (exact) mass is 244 g/mol. The van der Waals surface area contributed by atoms with Gasteiger partial charge in [0.05, 0.1) is 0 Å². The molecular weight excluding hydrogens is 231 g/mol. The average molecular weight is 245 g/mol. The van der Waals surface area contributed by atoms with E-state index in [9.17, 15) is 0 Å². The van der Waals surface area contributed by atoms with Gasteiger partial charge in [0, 0.05) is 30.3 Å². The van der Waals surface area contributed by atoms with E-state index in [1.54, 1.807) is 0 Å². The summed E-state index contributed by atoms with van der Waals surface area (Å²) in [6.07, 6.45) is 0. The van der Waals surface area contributed by atoms with Crippen LogP contribution >= 0.6 is 23.2 Å². The van der Waals surface area contributed by atoms with Crippen LogP contribution in [0.3, 0.4) is 0 Å². The molecule has 1 unspecified atom stereocenters. The van der Waals surface area contributed by atoms with Gasteiger partial charge in [-0.25, -0.2) is 0 Å². The van der Waals surface area contributed by atoms with Gasteiger partial charge in [-0.15, -0.1) is 0 Å². The molecule has 2 nitrogen and oxygen atoms in total. The third-order valence-electron chi connectivity index (χ3n) is 2.73. The number of hydrogen-bond acceptors (Lipinski definition) is 2. The van der Waals surface area contributed by atoms with Crippen molar-refractivity contribution in [2.75, 3.05) is 24.5 Å². The minimum Gasteiger partial charge on any atom is -0.353 e. The molecule has 1 atom stereocenters. The van der Waals surface area contributed by atoms with E-state index in [4.69, 9.17) is 23.2 Å². The Labute approximate surface area is 100 Å². The maximum Gasteiger partial charge on any atom is 0.116 e. The number of halogens is 2. The molecule has 82 valence electrons. The highest BCUT2D eigenvalue weighted by molar-refractivity contribution is 6.31. The molecular formula is C11H14Cl2N2. The Hall–Kier alpha value is -0.440. The first kappa shape index (κ1) is 11.1. The zero-order valence-electron chi connectivity index (χ0n) is 8.63. The van der Waals surface area contributed by atoms with Crippen LogP contribution in [-0.4, -0.2) is 25.1 Å². The number of nitrogens with one attached hydrogen (secondary N) is 1. The van der Waals surface area contributed by atoms with Crippen molar-refractivity contribution in [3.8, 4) is 0 Å². The molecule has 4 heteroatoms. The lowest BCUT2D eigenvalue weighted by molar-refractivity contribution is 0.558. The van der Waals surface area contributed by atoms with Gasteiger partial charge in [0.25, 0.3) is 0 Å². The van der Waals surface area contributed by atoms with Gasteiger partial charge in [-0.3, -0.25) is 0 Å². The first-order valence-corrected chi connectivity index (χ1v) is 5.88. The third kappa shape index (κ3) is 2.22. The Morgan fingerprint density at radius 1 is 1.47 bits per heavy atom. The molecule has 0 saturated carbocycles. The van der Waals surface area contributed by atoms with Crippen molar-refractivity contribution >= 4 is 28.9 Å². The van der Waals surface area contributed by atoms with Crippen LogP contribution < -0.4 is 10.2 Å². The van der Waals surface area contributed by atoms with E-state index in [2.05, 4.69) is 16.3 Å². The summed E-state index contributed by atoms with van der Waals surface area (Å²) in [7, 11) is 0. The maximum atomic E-state index is 6.26. The molecule has 1 saturated heterocycles. The summed E-state index contributed by atoms with van der Waals surface area (Å²) in [6.45, 7) is 4.74. The van der Waals surface area contributed by atoms with Crippen molar-refractivity contribution in [3.05, 3.63) is 28.8 Å². The summed E-state index contributed by atoms with van der Waals surface area (Å²) in [5, 5.41) is 4.06. The predicted molar refractivity (Wildman–Crippen MR) is 66.0 cm³/mol. The van der Waals surface area contributed by atoms with Gasteiger partial charge in [0.1, 0.15) is 5.50 Å². The standard InChI is InChI=1S/C11H14Cl2N2/c1-8-9(12)3-2-4-10(8)15-6-5-14-7-11(15)13/h2-4,11,14H,5-7H2,1H3. The molecule has 0 aromatic heterocycles. The van der Waals surface area contributed by atoms with Gasteiger partial charge < -0.3 is 10.2 Å². The first-order valence-electron chi connectivity index (χ1n) is 5.06. The highest BCUT2D eigenvalue weighted by Crippen LogP contribution is 2.29. The van der Waals surface area contributed by atoms with Gasteiger partial charge in [-0.1, -0.05) is 29.3 Å². The molecule has 1 heterocycles. The van der Waals surface area contributed by atoms with Gasteiger partial charge in [0.15, 0.2) is 0 Å². The van der Waals surface area contributed by atoms with Crippen molar-refractivity contribution < 1.29 is 0 Å². The van der Waals surface area contributed by atoms with Gasteiger partial charge in [-0.2, -0.15) is 0 Å². The minimum atomic E-state index is 0.0101. The average Bonchev–Trinajstić information content (AvgIpc) is 2.23. The van der Waals surface area contributed by atoms with Crippen molar-refractivity contribution in [1.82, 2.24) is 5.32 Å².